The summed E-state index contributed by atoms with van der Waals surface area (Å²) < 4.78 is 31.6. The van der Waals surface area contributed by atoms with Gasteiger partial charge < -0.3 is 5.11 Å². The van der Waals surface area contributed by atoms with E-state index in [2.05, 4.69) is 0 Å². The molecule has 1 rings (SSSR count). The van der Waals surface area contributed by atoms with Crippen molar-refractivity contribution in [3.63, 3.8) is 0 Å². The molecule has 15 heavy (non-hydrogen) atoms. The fourth-order valence-electron chi connectivity index (χ4n) is 1.18. The Balaban J connectivity index is 3.34. The van der Waals surface area contributed by atoms with Crippen LogP contribution in [0, 0.1) is 10.6 Å². The average Bonchev–Trinajstić information content (AvgIpc) is 1.99. The summed E-state index contributed by atoms with van der Waals surface area (Å²) in [7, 11) is -3.41. The zero-order valence-electron chi connectivity index (χ0n) is 8.45. The van der Waals surface area contributed by atoms with Crippen LogP contribution in [0.1, 0.15) is 19.4 Å². The normalized spacial score (nSPS) is 16.1. The van der Waals surface area contributed by atoms with E-state index in [1.165, 1.54) is 26.0 Å². The second-order valence-corrected chi connectivity index (χ2v) is 5.47. The summed E-state index contributed by atoms with van der Waals surface area (Å²) in [5.41, 5.74) is -1.24. The van der Waals surface area contributed by atoms with Crippen LogP contribution in [0.4, 0.5) is 4.39 Å². The van der Waals surface area contributed by atoms with Gasteiger partial charge in [-0.1, -0.05) is 6.07 Å². The number of rotatable bonds is 2. The van der Waals surface area contributed by atoms with Gasteiger partial charge in [-0.05, 0) is 26.0 Å². The van der Waals surface area contributed by atoms with Crippen molar-refractivity contribution >= 4 is 9.92 Å². The lowest BCUT2D eigenvalue weighted by Gasteiger charge is -2.18. The van der Waals surface area contributed by atoms with Crippen molar-refractivity contribution in [2.45, 2.75) is 24.3 Å². The molecule has 1 unspecified atom stereocenters. The summed E-state index contributed by atoms with van der Waals surface area (Å²) in [5, 5.41) is 14.6. The molecule has 0 saturated carbocycles. The van der Waals surface area contributed by atoms with Gasteiger partial charge in [-0.15, -0.1) is 0 Å². The molecule has 1 aromatic carbocycles. The maximum Gasteiger partial charge on any atom is 0.132 e. The number of nitrogens with two attached hydrogens (primary N) is 1. The molecular formula is C9H13FN2O2S. The summed E-state index contributed by atoms with van der Waals surface area (Å²) in [4.78, 5) is -0.0898. The first kappa shape index (κ1) is 12.1. The highest BCUT2D eigenvalue weighted by Crippen LogP contribution is 2.24. The van der Waals surface area contributed by atoms with Gasteiger partial charge in [0, 0.05) is 5.56 Å². The second-order valence-electron chi connectivity index (χ2n) is 3.80. The van der Waals surface area contributed by atoms with E-state index in [1.54, 1.807) is 0 Å². The summed E-state index contributed by atoms with van der Waals surface area (Å²) in [6.07, 6.45) is 0. The highest BCUT2D eigenvalue weighted by atomic mass is 32.2. The Bertz CT molecular complexity index is 477. The van der Waals surface area contributed by atoms with Gasteiger partial charge in [0.05, 0.1) is 10.5 Å². The number of hydrogen-bond acceptors (Lipinski definition) is 3. The third kappa shape index (κ3) is 2.74. The predicted octanol–water partition coefficient (Wildman–Crippen LogP) is 1.33. The van der Waals surface area contributed by atoms with Crippen LogP contribution < -0.4 is 5.14 Å². The zero-order valence-corrected chi connectivity index (χ0v) is 9.27. The van der Waals surface area contributed by atoms with Crippen molar-refractivity contribution in [1.29, 1.82) is 4.78 Å². The van der Waals surface area contributed by atoms with E-state index in [-0.39, 0.29) is 10.5 Å². The van der Waals surface area contributed by atoms with Gasteiger partial charge in [0.1, 0.15) is 15.7 Å². The van der Waals surface area contributed by atoms with E-state index in [1.807, 2.05) is 0 Å². The van der Waals surface area contributed by atoms with E-state index >= 15 is 0 Å². The molecule has 0 spiro atoms. The monoisotopic (exact) mass is 232 g/mol. The van der Waals surface area contributed by atoms with Crippen molar-refractivity contribution in [3.8, 4) is 0 Å². The average molecular weight is 232 g/mol. The Morgan fingerprint density at radius 3 is 2.40 bits per heavy atom. The highest BCUT2D eigenvalue weighted by molar-refractivity contribution is 7.90. The Hall–Kier alpha value is -0.980. The molecule has 0 saturated heterocycles. The Labute approximate surface area is 88.0 Å². The number of benzene rings is 1. The smallest absolute Gasteiger partial charge is 0.132 e. The zero-order chi connectivity index (χ0) is 11.9. The maximum absolute atomic E-state index is 13.5. The van der Waals surface area contributed by atoms with Gasteiger partial charge in [-0.2, -0.15) is 0 Å². The number of hydrogen-bond donors (Lipinski definition) is 3. The number of nitrogens with one attached hydrogen (secondary N) is 1. The molecule has 0 heterocycles. The molecule has 0 fully saturated rings. The van der Waals surface area contributed by atoms with Gasteiger partial charge in [0.25, 0.3) is 0 Å². The molecule has 0 aliphatic rings. The van der Waals surface area contributed by atoms with E-state index in [0.29, 0.717) is 0 Å². The third-order valence-electron chi connectivity index (χ3n) is 1.95. The van der Waals surface area contributed by atoms with Crippen molar-refractivity contribution < 1.29 is 13.7 Å². The first-order chi connectivity index (χ1) is 6.62. The topological polar surface area (TPSA) is 87.2 Å². The van der Waals surface area contributed by atoms with Crippen LogP contribution in [-0.4, -0.2) is 9.32 Å². The summed E-state index contributed by atoms with van der Waals surface area (Å²) >= 11 is 0. The second kappa shape index (κ2) is 3.55. The SMILES string of the molecule is CC(C)(O)c1ccc(S(=N)(N)=O)cc1F. The molecular weight excluding hydrogens is 219 g/mol. The quantitative estimate of drug-likeness (QED) is 0.718. The molecule has 0 bridgehead atoms. The van der Waals surface area contributed by atoms with E-state index in [9.17, 15) is 13.7 Å². The van der Waals surface area contributed by atoms with Gasteiger partial charge >= 0.3 is 0 Å². The van der Waals surface area contributed by atoms with Gasteiger partial charge in [-0.25, -0.2) is 18.5 Å². The van der Waals surface area contributed by atoms with Gasteiger partial charge in [0.15, 0.2) is 0 Å². The maximum atomic E-state index is 13.5. The Morgan fingerprint density at radius 2 is 2.07 bits per heavy atom. The molecule has 0 aliphatic heterocycles. The number of aliphatic hydroxyl groups is 1. The minimum absolute atomic E-state index is 0.0786. The molecule has 1 aromatic rings. The van der Waals surface area contributed by atoms with E-state index < -0.39 is 21.3 Å². The summed E-state index contributed by atoms with van der Waals surface area (Å²) in [6, 6.07) is 3.49. The van der Waals surface area contributed by atoms with Crippen LogP contribution in [0.3, 0.4) is 0 Å². The van der Waals surface area contributed by atoms with Gasteiger partial charge in [-0.3, -0.25) is 0 Å². The molecule has 4 N–H and O–H groups in total. The van der Waals surface area contributed by atoms with E-state index in [4.69, 9.17) is 9.92 Å². The fraction of sp³-hybridized carbons (Fsp3) is 0.333. The summed E-state index contributed by atoms with van der Waals surface area (Å²) in [6.45, 7) is 2.87. The lowest BCUT2D eigenvalue weighted by molar-refractivity contribution is 0.0744. The Morgan fingerprint density at radius 1 is 1.53 bits per heavy atom. The van der Waals surface area contributed by atoms with Crippen LogP contribution >= 0.6 is 0 Å². The van der Waals surface area contributed by atoms with Crippen LogP contribution in [0.15, 0.2) is 23.1 Å². The van der Waals surface area contributed by atoms with Crippen molar-refractivity contribution in [2.24, 2.45) is 5.14 Å². The van der Waals surface area contributed by atoms with E-state index in [0.717, 1.165) is 6.07 Å². The molecule has 0 aliphatic carbocycles. The van der Waals surface area contributed by atoms with Crippen molar-refractivity contribution in [1.82, 2.24) is 0 Å². The summed E-state index contributed by atoms with van der Waals surface area (Å²) in [5.74, 6) is -0.717. The van der Waals surface area contributed by atoms with Crippen LogP contribution in [-0.2, 0) is 15.5 Å². The first-order valence-electron chi connectivity index (χ1n) is 4.21. The standard InChI is InChI=1S/C9H13FN2O2S/c1-9(2,13)7-4-3-6(5-8(7)10)15(11,12)14/h3-5,13H,1-2H3,(H3,11,12,14). The molecule has 4 nitrogen and oxygen atoms in total. The molecule has 1 atom stereocenters. The lowest BCUT2D eigenvalue weighted by atomic mass is 9.98. The largest absolute Gasteiger partial charge is 0.386 e. The Kier molecular flexibility index (Phi) is 2.86. The third-order valence-corrected chi connectivity index (χ3v) is 2.90. The fourth-order valence-corrected chi connectivity index (χ4v) is 1.73. The highest BCUT2D eigenvalue weighted by Gasteiger charge is 2.21. The predicted molar refractivity (Wildman–Crippen MR) is 55.0 cm³/mol. The molecule has 0 amide bonds. The van der Waals surface area contributed by atoms with Crippen LogP contribution in [0.25, 0.3) is 0 Å². The number of halogens is 1. The van der Waals surface area contributed by atoms with Gasteiger partial charge in [0.2, 0.25) is 0 Å². The lowest BCUT2D eigenvalue weighted by Crippen LogP contribution is -2.18. The van der Waals surface area contributed by atoms with Crippen molar-refractivity contribution in [2.75, 3.05) is 0 Å². The van der Waals surface area contributed by atoms with Crippen molar-refractivity contribution in [3.05, 3.63) is 29.6 Å². The minimum Gasteiger partial charge on any atom is -0.386 e. The molecule has 0 aromatic heterocycles. The first-order valence-corrected chi connectivity index (χ1v) is 5.83. The van der Waals surface area contributed by atoms with Crippen LogP contribution in [0.5, 0.6) is 0 Å². The molecule has 6 heteroatoms. The molecule has 84 valence electrons. The minimum atomic E-state index is -3.41. The van der Waals surface area contributed by atoms with Crippen LogP contribution in [0.2, 0.25) is 0 Å². The molecule has 0 radical (unpaired) electrons.